The van der Waals surface area contributed by atoms with Crippen LogP contribution in [0.4, 0.5) is 0 Å². The maximum Gasteiger partial charge on any atom is 0.119 e. The van der Waals surface area contributed by atoms with Gasteiger partial charge in [0.25, 0.3) is 0 Å². The van der Waals surface area contributed by atoms with E-state index in [9.17, 15) is 0 Å². The van der Waals surface area contributed by atoms with Gasteiger partial charge in [-0.15, -0.1) is 0 Å². The summed E-state index contributed by atoms with van der Waals surface area (Å²) in [4.78, 5) is 12.1. The highest BCUT2D eigenvalue weighted by Crippen LogP contribution is 2.32. The summed E-state index contributed by atoms with van der Waals surface area (Å²) in [5, 5.41) is 5.83. The minimum atomic E-state index is 0.686. The molecule has 202 valence electrons. The number of halogens is 2. The van der Waals surface area contributed by atoms with Gasteiger partial charge in [-0.1, -0.05) is 35.3 Å². The Morgan fingerprint density at radius 2 is 1.02 bits per heavy atom. The van der Waals surface area contributed by atoms with Gasteiger partial charge in [-0.05, 0) is 91.7 Å². The van der Waals surface area contributed by atoms with Crippen molar-refractivity contribution < 1.29 is 9.47 Å². The van der Waals surface area contributed by atoms with Crippen molar-refractivity contribution in [2.45, 2.75) is 12.8 Å². The molecule has 0 saturated carbocycles. The second kappa shape index (κ2) is 11.1. The summed E-state index contributed by atoms with van der Waals surface area (Å²) < 4.78 is 11.1. The van der Waals surface area contributed by atoms with Crippen molar-refractivity contribution in [3.63, 3.8) is 0 Å². The molecule has 2 aromatic heterocycles. The zero-order valence-electron chi connectivity index (χ0n) is 22.7. The molecule has 0 unspecified atom stereocenters. The second-order valence-corrected chi connectivity index (χ2v) is 10.9. The lowest BCUT2D eigenvalue weighted by Gasteiger charge is -2.20. The number of hydrogen-bond acceptors (Lipinski definition) is 5. The Morgan fingerprint density at radius 1 is 0.575 bits per heavy atom. The lowest BCUT2D eigenvalue weighted by atomic mass is 9.98. The summed E-state index contributed by atoms with van der Waals surface area (Å²) in [6.07, 6.45) is 1.73. The predicted molar refractivity (Wildman–Crippen MR) is 167 cm³/mol. The number of ether oxygens (including phenoxy) is 2. The maximum absolute atomic E-state index is 6.32. The molecule has 0 aliphatic carbocycles. The Labute approximate surface area is 243 Å². The van der Waals surface area contributed by atoms with E-state index in [0.29, 0.717) is 10.0 Å². The van der Waals surface area contributed by atoms with Gasteiger partial charge in [0.2, 0.25) is 0 Å². The lowest BCUT2D eigenvalue weighted by Crippen LogP contribution is -2.24. The first-order valence-electron chi connectivity index (χ1n) is 13.2. The molecule has 0 saturated heterocycles. The van der Waals surface area contributed by atoms with Crippen LogP contribution in [0.25, 0.3) is 43.6 Å². The number of aromatic nitrogens is 2. The monoisotopic (exact) mass is 569 g/mol. The highest BCUT2D eigenvalue weighted by atomic mass is 35.5. The van der Waals surface area contributed by atoms with Gasteiger partial charge in [0.15, 0.2) is 0 Å². The van der Waals surface area contributed by atoms with Crippen LogP contribution in [0, 0.1) is 0 Å². The Hall–Kier alpha value is -3.64. The quantitative estimate of drug-likeness (QED) is 0.173. The molecule has 0 amide bonds. The molecule has 0 atom stereocenters. The average molecular weight is 571 g/mol. The van der Waals surface area contributed by atoms with E-state index in [1.807, 2.05) is 48.5 Å². The topological polar surface area (TPSA) is 47.5 Å². The van der Waals surface area contributed by atoms with E-state index in [1.165, 1.54) is 11.1 Å². The van der Waals surface area contributed by atoms with Crippen LogP contribution in [0.3, 0.4) is 0 Å². The molecule has 6 aromatic rings. The van der Waals surface area contributed by atoms with Gasteiger partial charge in [0.05, 0.1) is 36.3 Å². The van der Waals surface area contributed by atoms with Gasteiger partial charge < -0.3 is 14.4 Å². The molecule has 6 rings (SSSR count). The summed E-state index contributed by atoms with van der Waals surface area (Å²) in [7, 11) is 5.56. The van der Waals surface area contributed by atoms with Crippen LogP contribution >= 0.6 is 23.2 Å². The van der Waals surface area contributed by atoms with Crippen LogP contribution in [0.15, 0.2) is 72.8 Å². The van der Waals surface area contributed by atoms with E-state index in [-0.39, 0.29) is 0 Å². The standard InChI is InChI=1S/C33H29Cl2N3O2/c1-38(14-12-24-26-8-4-20(34)16-32(26)36-30-10-6-22(39-2)18-28(24)30)15-13-25-27-9-5-21(35)17-33(27)37-31-11-7-23(40-3)19-29(25)31/h4-11,16-19H,12-15H2,1-3H3. The highest BCUT2D eigenvalue weighted by molar-refractivity contribution is 6.31. The number of likely N-dealkylation sites (N-methyl/N-ethyl adjacent to an activating group) is 1. The van der Waals surface area contributed by atoms with Gasteiger partial charge in [-0.25, -0.2) is 9.97 Å². The van der Waals surface area contributed by atoms with Gasteiger partial charge in [0, 0.05) is 44.7 Å². The van der Waals surface area contributed by atoms with E-state index in [1.54, 1.807) is 14.2 Å². The molecule has 40 heavy (non-hydrogen) atoms. The van der Waals surface area contributed by atoms with Crippen molar-refractivity contribution in [1.29, 1.82) is 0 Å². The summed E-state index contributed by atoms with van der Waals surface area (Å²) in [5.41, 5.74) is 6.20. The molecular weight excluding hydrogens is 541 g/mol. The fourth-order valence-corrected chi connectivity index (χ4v) is 5.81. The third-order valence-electron chi connectivity index (χ3n) is 7.60. The normalized spacial score (nSPS) is 11.8. The summed E-state index contributed by atoms with van der Waals surface area (Å²) in [5.74, 6) is 1.65. The van der Waals surface area contributed by atoms with Gasteiger partial charge >= 0.3 is 0 Å². The molecule has 5 nitrogen and oxygen atoms in total. The van der Waals surface area contributed by atoms with Crippen molar-refractivity contribution in [2.75, 3.05) is 34.4 Å². The summed E-state index contributed by atoms with van der Waals surface area (Å²) in [6, 6.07) is 24.0. The highest BCUT2D eigenvalue weighted by Gasteiger charge is 2.14. The molecule has 0 spiro atoms. The average Bonchev–Trinajstić information content (AvgIpc) is 2.96. The second-order valence-electron chi connectivity index (χ2n) is 10.1. The Balaban J connectivity index is 1.31. The fourth-order valence-electron chi connectivity index (χ4n) is 5.47. The van der Waals surface area contributed by atoms with E-state index < -0.39 is 0 Å². The van der Waals surface area contributed by atoms with Crippen molar-refractivity contribution in [1.82, 2.24) is 14.9 Å². The van der Waals surface area contributed by atoms with E-state index >= 15 is 0 Å². The largest absolute Gasteiger partial charge is 0.497 e. The van der Waals surface area contributed by atoms with E-state index in [4.69, 9.17) is 42.6 Å². The fraction of sp³-hybridized carbons (Fsp3) is 0.212. The molecule has 0 aliphatic heterocycles. The van der Waals surface area contributed by atoms with Crippen molar-refractivity contribution in [2.24, 2.45) is 0 Å². The molecule has 4 aromatic carbocycles. The molecule has 0 aliphatic rings. The molecule has 0 N–H and O–H groups in total. The zero-order valence-corrected chi connectivity index (χ0v) is 24.2. The SMILES string of the molecule is COc1ccc2nc3cc(Cl)ccc3c(CCN(C)CCc3c4ccc(Cl)cc4nc4ccc(OC)cc34)c2c1. The molecular formula is C33H29Cl2N3O2. The van der Waals surface area contributed by atoms with Gasteiger partial charge in [0.1, 0.15) is 11.5 Å². The number of rotatable bonds is 8. The third-order valence-corrected chi connectivity index (χ3v) is 8.07. The van der Waals surface area contributed by atoms with Crippen LogP contribution in [-0.4, -0.2) is 49.2 Å². The minimum Gasteiger partial charge on any atom is -0.497 e. The zero-order chi connectivity index (χ0) is 27.8. The van der Waals surface area contributed by atoms with Crippen LogP contribution in [0.5, 0.6) is 11.5 Å². The number of nitrogens with zero attached hydrogens (tertiary/aromatic N) is 3. The van der Waals surface area contributed by atoms with Crippen molar-refractivity contribution >= 4 is 66.8 Å². The van der Waals surface area contributed by atoms with Crippen LogP contribution in [0.1, 0.15) is 11.1 Å². The van der Waals surface area contributed by atoms with E-state index in [2.05, 4.69) is 36.2 Å². The lowest BCUT2D eigenvalue weighted by molar-refractivity contribution is 0.344. The summed E-state index contributed by atoms with van der Waals surface area (Å²) >= 11 is 12.6. The molecule has 0 radical (unpaired) electrons. The maximum atomic E-state index is 6.32. The Morgan fingerprint density at radius 3 is 1.45 bits per heavy atom. The number of hydrogen-bond donors (Lipinski definition) is 0. The minimum absolute atomic E-state index is 0.686. The van der Waals surface area contributed by atoms with Crippen LogP contribution < -0.4 is 9.47 Å². The van der Waals surface area contributed by atoms with Crippen LogP contribution in [0.2, 0.25) is 10.0 Å². The Bertz CT molecular complexity index is 1750. The first-order chi connectivity index (χ1) is 19.4. The predicted octanol–water partition coefficient (Wildman–Crippen LogP) is 8.13. The number of pyridine rings is 2. The van der Waals surface area contributed by atoms with Crippen LogP contribution in [-0.2, 0) is 12.8 Å². The van der Waals surface area contributed by atoms with E-state index in [0.717, 1.165) is 81.0 Å². The third kappa shape index (κ3) is 5.13. The van der Waals surface area contributed by atoms with Crippen molar-refractivity contribution in [3.8, 4) is 11.5 Å². The summed E-state index contributed by atoms with van der Waals surface area (Å²) in [6.45, 7) is 1.76. The number of fused-ring (bicyclic) bond motifs is 4. The van der Waals surface area contributed by atoms with Crippen molar-refractivity contribution in [3.05, 3.63) is 94.0 Å². The van der Waals surface area contributed by atoms with Gasteiger partial charge in [-0.3, -0.25) is 0 Å². The number of benzene rings is 4. The first-order valence-corrected chi connectivity index (χ1v) is 14.0. The molecule has 0 fully saturated rings. The first kappa shape index (κ1) is 26.6. The number of methoxy groups -OCH3 is 2. The molecule has 0 bridgehead atoms. The molecule has 2 heterocycles. The Kier molecular flexibility index (Phi) is 7.37. The van der Waals surface area contributed by atoms with Gasteiger partial charge in [-0.2, -0.15) is 0 Å². The molecule has 7 heteroatoms. The smallest absolute Gasteiger partial charge is 0.119 e.